The second-order valence-electron chi connectivity index (χ2n) is 7.06. The van der Waals surface area contributed by atoms with E-state index in [-0.39, 0.29) is 10.7 Å². The van der Waals surface area contributed by atoms with Gasteiger partial charge in [0.1, 0.15) is 11.5 Å². The zero-order chi connectivity index (χ0) is 19.0. The van der Waals surface area contributed by atoms with Crippen LogP contribution in [-0.4, -0.2) is 64.6 Å². The molecule has 0 amide bonds. The van der Waals surface area contributed by atoms with Crippen molar-refractivity contribution in [2.24, 2.45) is 7.05 Å². The quantitative estimate of drug-likeness (QED) is 0.847. The summed E-state index contributed by atoms with van der Waals surface area (Å²) in [6.45, 7) is 6.92. The van der Waals surface area contributed by atoms with Gasteiger partial charge in [-0.3, -0.25) is 9.69 Å². The lowest BCUT2D eigenvalue weighted by Gasteiger charge is -2.47. The van der Waals surface area contributed by atoms with E-state index >= 15 is 0 Å². The molecule has 27 heavy (non-hydrogen) atoms. The average Bonchev–Trinajstić information content (AvgIpc) is 2.60. The molecule has 2 fully saturated rings. The topological polar surface area (TPSA) is 75.5 Å². The molecule has 0 bridgehead atoms. The number of aryl methyl sites for hydroxylation is 1. The predicted molar refractivity (Wildman–Crippen MR) is 105 cm³/mol. The SMILES string of the molecule is C[C@@H]1CN(c2ccc(Nc3cc(Cl)nn(C)c3=O)nc2)CCN1C1COC1. The molecule has 8 nitrogen and oxygen atoms in total. The minimum absolute atomic E-state index is 0.250. The van der Waals surface area contributed by atoms with E-state index in [9.17, 15) is 4.79 Å². The molecule has 0 saturated carbocycles. The van der Waals surface area contributed by atoms with Crippen LogP contribution < -0.4 is 15.8 Å². The Balaban J connectivity index is 1.43. The van der Waals surface area contributed by atoms with Gasteiger partial charge in [-0.2, -0.15) is 5.10 Å². The Bertz CT molecular complexity index is 867. The molecule has 2 aliphatic rings. The second-order valence-corrected chi connectivity index (χ2v) is 7.45. The smallest absolute Gasteiger partial charge is 0.290 e. The minimum atomic E-state index is -0.254. The third-order valence-electron chi connectivity index (χ3n) is 5.18. The predicted octanol–water partition coefficient (Wildman–Crippen LogP) is 1.48. The molecule has 4 rings (SSSR count). The van der Waals surface area contributed by atoms with Gasteiger partial charge in [0, 0.05) is 38.8 Å². The fraction of sp³-hybridized carbons (Fsp3) is 0.500. The van der Waals surface area contributed by atoms with Crippen molar-refractivity contribution >= 4 is 28.8 Å². The fourth-order valence-electron chi connectivity index (χ4n) is 3.61. The number of pyridine rings is 1. The van der Waals surface area contributed by atoms with E-state index in [2.05, 4.69) is 32.1 Å². The lowest BCUT2D eigenvalue weighted by Crippen LogP contribution is -2.60. The Labute approximate surface area is 162 Å². The molecule has 1 N–H and O–H groups in total. The number of piperazine rings is 1. The van der Waals surface area contributed by atoms with Gasteiger partial charge in [-0.05, 0) is 19.1 Å². The van der Waals surface area contributed by atoms with Gasteiger partial charge in [-0.1, -0.05) is 11.6 Å². The highest BCUT2D eigenvalue weighted by molar-refractivity contribution is 6.29. The van der Waals surface area contributed by atoms with Crippen LogP contribution in [0.2, 0.25) is 5.15 Å². The maximum atomic E-state index is 12.1. The van der Waals surface area contributed by atoms with Crippen molar-refractivity contribution in [3.8, 4) is 0 Å². The lowest BCUT2D eigenvalue weighted by atomic mass is 10.1. The van der Waals surface area contributed by atoms with Crippen molar-refractivity contribution in [1.29, 1.82) is 0 Å². The molecule has 2 aromatic heterocycles. The van der Waals surface area contributed by atoms with Crippen LogP contribution in [0.5, 0.6) is 0 Å². The lowest BCUT2D eigenvalue weighted by molar-refractivity contribution is -0.0792. The second kappa shape index (κ2) is 7.46. The van der Waals surface area contributed by atoms with E-state index in [0.29, 0.717) is 23.6 Å². The van der Waals surface area contributed by atoms with E-state index in [1.807, 2.05) is 18.3 Å². The molecule has 0 unspecified atom stereocenters. The summed E-state index contributed by atoms with van der Waals surface area (Å²) in [4.78, 5) is 21.5. The summed E-state index contributed by atoms with van der Waals surface area (Å²) in [6, 6.07) is 6.45. The van der Waals surface area contributed by atoms with E-state index in [1.54, 1.807) is 7.05 Å². The molecular weight excluding hydrogens is 368 g/mol. The number of nitrogens with zero attached hydrogens (tertiary/aromatic N) is 5. The summed E-state index contributed by atoms with van der Waals surface area (Å²) in [5.74, 6) is 0.594. The van der Waals surface area contributed by atoms with E-state index in [1.165, 1.54) is 10.7 Å². The highest BCUT2D eigenvalue weighted by atomic mass is 35.5. The first-order chi connectivity index (χ1) is 13.0. The Morgan fingerprint density at radius 1 is 1.30 bits per heavy atom. The van der Waals surface area contributed by atoms with Crippen LogP contribution in [0.25, 0.3) is 0 Å². The van der Waals surface area contributed by atoms with Crippen LogP contribution in [0.3, 0.4) is 0 Å². The maximum absolute atomic E-state index is 12.1. The molecule has 1 atom stereocenters. The molecule has 0 spiro atoms. The molecule has 4 heterocycles. The van der Waals surface area contributed by atoms with Gasteiger partial charge in [0.2, 0.25) is 0 Å². The number of hydrogen-bond donors (Lipinski definition) is 1. The van der Waals surface area contributed by atoms with Crippen molar-refractivity contribution in [2.45, 2.75) is 19.0 Å². The standard InChI is InChI=1S/C18H23ClN6O2/c1-12-9-24(5-6-25(12)14-10-27-11-14)13-3-4-17(20-8-13)21-15-7-16(19)22-23(2)18(15)26/h3-4,7-8,12,14H,5-6,9-11H2,1-2H3,(H,20,21)/t12-/m1/s1. The largest absolute Gasteiger partial charge is 0.378 e. The van der Waals surface area contributed by atoms with Crippen LogP contribution in [0.15, 0.2) is 29.2 Å². The van der Waals surface area contributed by atoms with Gasteiger partial charge in [-0.15, -0.1) is 0 Å². The van der Waals surface area contributed by atoms with Gasteiger partial charge < -0.3 is 15.0 Å². The first-order valence-electron chi connectivity index (χ1n) is 9.06. The molecule has 2 saturated heterocycles. The third-order valence-corrected chi connectivity index (χ3v) is 5.36. The summed E-state index contributed by atoms with van der Waals surface area (Å²) in [7, 11) is 1.56. The Morgan fingerprint density at radius 3 is 2.74 bits per heavy atom. The van der Waals surface area contributed by atoms with Crippen LogP contribution in [0.1, 0.15) is 6.92 Å². The van der Waals surface area contributed by atoms with Gasteiger partial charge >= 0.3 is 0 Å². The molecular formula is C18H23ClN6O2. The number of hydrogen-bond acceptors (Lipinski definition) is 7. The highest BCUT2D eigenvalue weighted by Gasteiger charge is 2.33. The number of nitrogens with one attached hydrogen (secondary N) is 1. The van der Waals surface area contributed by atoms with Gasteiger partial charge in [0.15, 0.2) is 5.15 Å². The number of halogens is 1. The molecule has 0 aliphatic carbocycles. The molecule has 2 aromatic rings. The number of rotatable bonds is 4. The molecule has 2 aliphatic heterocycles. The van der Waals surface area contributed by atoms with Crippen molar-refractivity contribution in [1.82, 2.24) is 19.7 Å². The van der Waals surface area contributed by atoms with Crippen LogP contribution >= 0.6 is 11.6 Å². The Kier molecular flexibility index (Phi) is 5.03. The molecule has 144 valence electrons. The number of ether oxygens (including phenoxy) is 1. The van der Waals surface area contributed by atoms with Gasteiger partial charge in [0.25, 0.3) is 5.56 Å². The van der Waals surface area contributed by atoms with Gasteiger partial charge in [0.05, 0.1) is 31.1 Å². The number of anilines is 3. The van der Waals surface area contributed by atoms with Crippen molar-refractivity contribution in [3.05, 3.63) is 39.9 Å². The monoisotopic (exact) mass is 390 g/mol. The normalized spacial score (nSPS) is 21.1. The molecule has 0 radical (unpaired) electrons. The van der Waals surface area contributed by atoms with Crippen LogP contribution in [0.4, 0.5) is 17.2 Å². The molecule has 0 aromatic carbocycles. The van der Waals surface area contributed by atoms with E-state index in [4.69, 9.17) is 16.3 Å². The zero-order valence-corrected chi connectivity index (χ0v) is 16.2. The summed E-state index contributed by atoms with van der Waals surface area (Å²) >= 11 is 5.93. The Hall–Kier alpha value is -2.16. The number of aromatic nitrogens is 3. The summed E-state index contributed by atoms with van der Waals surface area (Å²) in [5.41, 5.74) is 1.18. The zero-order valence-electron chi connectivity index (χ0n) is 15.4. The highest BCUT2D eigenvalue weighted by Crippen LogP contribution is 2.23. The average molecular weight is 391 g/mol. The van der Waals surface area contributed by atoms with Crippen molar-refractivity contribution in [3.63, 3.8) is 0 Å². The first-order valence-corrected chi connectivity index (χ1v) is 9.44. The molecule has 9 heteroatoms. The maximum Gasteiger partial charge on any atom is 0.290 e. The van der Waals surface area contributed by atoms with E-state index in [0.717, 1.165) is 38.5 Å². The van der Waals surface area contributed by atoms with Crippen LogP contribution in [-0.2, 0) is 11.8 Å². The van der Waals surface area contributed by atoms with E-state index < -0.39 is 0 Å². The van der Waals surface area contributed by atoms with Crippen molar-refractivity contribution in [2.75, 3.05) is 43.1 Å². The first kappa shape index (κ1) is 18.2. The summed E-state index contributed by atoms with van der Waals surface area (Å²) in [6.07, 6.45) is 1.84. The fourth-order valence-corrected chi connectivity index (χ4v) is 3.83. The van der Waals surface area contributed by atoms with Crippen LogP contribution in [0, 0.1) is 0 Å². The minimum Gasteiger partial charge on any atom is -0.378 e. The summed E-state index contributed by atoms with van der Waals surface area (Å²) < 4.78 is 6.53. The van der Waals surface area contributed by atoms with Crippen molar-refractivity contribution < 1.29 is 4.74 Å². The third kappa shape index (κ3) is 3.78. The van der Waals surface area contributed by atoms with Gasteiger partial charge in [-0.25, -0.2) is 9.67 Å². The Morgan fingerprint density at radius 2 is 2.11 bits per heavy atom. The summed E-state index contributed by atoms with van der Waals surface area (Å²) in [5, 5.41) is 7.15.